The van der Waals surface area contributed by atoms with Crippen molar-refractivity contribution in [2.75, 3.05) is 30.3 Å². The lowest BCUT2D eigenvalue weighted by Gasteiger charge is -2.17. The lowest BCUT2D eigenvalue weighted by atomic mass is 10.3. The van der Waals surface area contributed by atoms with Crippen molar-refractivity contribution in [2.45, 2.75) is 36.9 Å². The Kier molecular flexibility index (Phi) is 4.60. The molecule has 0 atom stereocenters. The predicted molar refractivity (Wildman–Crippen MR) is 92.4 cm³/mol. The van der Waals surface area contributed by atoms with Crippen molar-refractivity contribution in [1.29, 1.82) is 0 Å². The largest absolute Gasteiger partial charge is 0.493 e. The van der Waals surface area contributed by atoms with E-state index in [1.165, 1.54) is 37.8 Å². The van der Waals surface area contributed by atoms with Crippen LogP contribution < -0.4 is 9.64 Å². The smallest absolute Gasteiger partial charge is 0.228 e. The lowest BCUT2D eigenvalue weighted by Crippen LogP contribution is -2.22. The van der Waals surface area contributed by atoms with Gasteiger partial charge in [-0.3, -0.25) is 4.57 Å². The molecular weight excluding hydrogens is 327 g/mol. The summed E-state index contributed by atoms with van der Waals surface area (Å²) in [7, 11) is 0. The Balaban J connectivity index is 1.35. The van der Waals surface area contributed by atoms with Crippen LogP contribution in [0.5, 0.6) is 5.75 Å². The van der Waals surface area contributed by atoms with Gasteiger partial charge in [0.2, 0.25) is 5.95 Å². The van der Waals surface area contributed by atoms with Gasteiger partial charge in [-0.1, -0.05) is 11.8 Å². The molecule has 4 rings (SSSR count). The molecule has 1 saturated heterocycles. The highest BCUT2D eigenvalue weighted by molar-refractivity contribution is 7.99. The Morgan fingerprint density at radius 2 is 1.88 bits per heavy atom. The van der Waals surface area contributed by atoms with Crippen molar-refractivity contribution >= 4 is 17.7 Å². The molecule has 1 aliphatic heterocycles. The van der Waals surface area contributed by atoms with Gasteiger partial charge in [0.15, 0.2) is 5.16 Å². The first kappa shape index (κ1) is 15.7. The summed E-state index contributed by atoms with van der Waals surface area (Å²) in [5, 5.41) is 9.84. The molecule has 1 saturated carbocycles. The zero-order valence-electron chi connectivity index (χ0n) is 13.5. The molecule has 128 valence electrons. The number of rotatable bonds is 7. The van der Waals surface area contributed by atoms with Gasteiger partial charge in [0.05, 0.1) is 6.61 Å². The van der Waals surface area contributed by atoms with E-state index in [1.54, 1.807) is 23.9 Å². The van der Waals surface area contributed by atoms with Crippen LogP contribution in [0, 0.1) is 5.82 Å². The molecular formula is C17H21FN4OS. The number of anilines is 1. The number of benzene rings is 1. The average Bonchev–Trinajstić information content (AvgIpc) is 3.11. The van der Waals surface area contributed by atoms with E-state index >= 15 is 0 Å². The van der Waals surface area contributed by atoms with Crippen LogP contribution in [-0.4, -0.2) is 40.2 Å². The molecule has 1 aromatic heterocycles. The molecule has 0 radical (unpaired) electrons. The molecule has 0 N–H and O–H groups in total. The molecule has 0 amide bonds. The van der Waals surface area contributed by atoms with Crippen LogP contribution in [0.1, 0.15) is 31.7 Å². The van der Waals surface area contributed by atoms with Crippen LogP contribution in [0.15, 0.2) is 29.4 Å². The summed E-state index contributed by atoms with van der Waals surface area (Å²) in [6.07, 6.45) is 4.92. The topological polar surface area (TPSA) is 43.2 Å². The molecule has 2 aromatic rings. The second-order valence-corrected chi connectivity index (χ2v) is 7.29. The van der Waals surface area contributed by atoms with Crippen LogP contribution >= 0.6 is 11.8 Å². The SMILES string of the molecule is Fc1ccc(OCCSc2nnc(N3CCCC3)n2C2CC2)cc1. The fourth-order valence-corrected chi connectivity index (χ4v) is 3.79. The Bertz CT molecular complexity index is 680. The van der Waals surface area contributed by atoms with E-state index in [0.29, 0.717) is 18.4 Å². The lowest BCUT2D eigenvalue weighted by molar-refractivity contribution is 0.343. The molecule has 1 aliphatic carbocycles. The number of halogens is 1. The van der Waals surface area contributed by atoms with Gasteiger partial charge in [0.25, 0.3) is 0 Å². The second kappa shape index (κ2) is 7.01. The number of thioether (sulfide) groups is 1. The van der Waals surface area contributed by atoms with Gasteiger partial charge in [0.1, 0.15) is 11.6 Å². The number of hydrogen-bond donors (Lipinski definition) is 0. The molecule has 1 aromatic carbocycles. The predicted octanol–water partition coefficient (Wildman–Crippen LogP) is 3.52. The maximum Gasteiger partial charge on any atom is 0.228 e. The van der Waals surface area contributed by atoms with E-state index in [2.05, 4.69) is 19.7 Å². The van der Waals surface area contributed by atoms with E-state index < -0.39 is 0 Å². The van der Waals surface area contributed by atoms with E-state index in [4.69, 9.17) is 4.74 Å². The fourth-order valence-electron chi connectivity index (χ4n) is 2.98. The monoisotopic (exact) mass is 348 g/mol. The van der Waals surface area contributed by atoms with Gasteiger partial charge < -0.3 is 9.64 Å². The van der Waals surface area contributed by atoms with Crippen molar-refractivity contribution in [1.82, 2.24) is 14.8 Å². The maximum atomic E-state index is 12.9. The van der Waals surface area contributed by atoms with Gasteiger partial charge in [-0.25, -0.2) is 4.39 Å². The highest BCUT2D eigenvalue weighted by Gasteiger charge is 2.32. The maximum absolute atomic E-state index is 12.9. The number of aromatic nitrogens is 3. The highest BCUT2D eigenvalue weighted by Crippen LogP contribution is 2.41. The Hall–Kier alpha value is -1.76. The number of hydrogen-bond acceptors (Lipinski definition) is 5. The molecule has 2 heterocycles. The molecule has 24 heavy (non-hydrogen) atoms. The minimum atomic E-state index is -0.247. The van der Waals surface area contributed by atoms with Crippen molar-refractivity contribution in [3.8, 4) is 5.75 Å². The third-order valence-corrected chi connectivity index (χ3v) is 5.25. The summed E-state index contributed by atoms with van der Waals surface area (Å²) in [5.41, 5.74) is 0. The van der Waals surface area contributed by atoms with Crippen molar-refractivity contribution in [2.24, 2.45) is 0 Å². The summed E-state index contributed by atoms with van der Waals surface area (Å²) in [5.74, 6) is 2.28. The van der Waals surface area contributed by atoms with Gasteiger partial charge >= 0.3 is 0 Å². The van der Waals surface area contributed by atoms with Gasteiger partial charge in [-0.05, 0) is 49.9 Å². The fraction of sp³-hybridized carbons (Fsp3) is 0.529. The van der Waals surface area contributed by atoms with E-state index in [9.17, 15) is 4.39 Å². The van der Waals surface area contributed by atoms with Crippen molar-refractivity contribution < 1.29 is 9.13 Å². The second-order valence-electron chi connectivity index (χ2n) is 6.23. The third kappa shape index (κ3) is 3.50. The normalized spacial score (nSPS) is 17.5. The summed E-state index contributed by atoms with van der Waals surface area (Å²) in [6.45, 7) is 2.74. The molecule has 7 heteroatoms. The molecule has 2 aliphatic rings. The summed E-state index contributed by atoms with van der Waals surface area (Å²) in [6, 6.07) is 6.69. The molecule has 0 bridgehead atoms. The molecule has 2 fully saturated rings. The standard InChI is InChI=1S/C17H21FN4OS/c18-13-3-7-15(8-4-13)23-11-12-24-17-20-19-16(21-9-1-2-10-21)22(17)14-5-6-14/h3-4,7-8,14H,1-2,5-6,9-12H2. The van der Waals surface area contributed by atoms with E-state index in [1.807, 2.05) is 0 Å². The van der Waals surface area contributed by atoms with Gasteiger partial charge in [-0.15, -0.1) is 10.2 Å². The minimum Gasteiger partial charge on any atom is -0.493 e. The quantitative estimate of drug-likeness (QED) is 0.566. The highest BCUT2D eigenvalue weighted by atomic mass is 32.2. The zero-order chi connectivity index (χ0) is 16.4. The average molecular weight is 348 g/mol. The first-order valence-corrected chi connectivity index (χ1v) is 9.51. The van der Waals surface area contributed by atoms with Crippen LogP contribution in [-0.2, 0) is 0 Å². The number of ether oxygens (including phenoxy) is 1. The summed E-state index contributed by atoms with van der Waals surface area (Å²) >= 11 is 1.68. The molecule has 0 unspecified atom stereocenters. The van der Waals surface area contributed by atoms with Crippen molar-refractivity contribution in [3.05, 3.63) is 30.1 Å². The Morgan fingerprint density at radius 3 is 2.58 bits per heavy atom. The van der Waals surface area contributed by atoms with Crippen LogP contribution in [0.2, 0.25) is 0 Å². The number of nitrogens with zero attached hydrogens (tertiary/aromatic N) is 4. The molecule has 5 nitrogen and oxygen atoms in total. The first-order chi connectivity index (χ1) is 11.8. The van der Waals surface area contributed by atoms with Crippen LogP contribution in [0.25, 0.3) is 0 Å². The summed E-state index contributed by atoms with van der Waals surface area (Å²) in [4.78, 5) is 2.35. The summed E-state index contributed by atoms with van der Waals surface area (Å²) < 4.78 is 20.8. The first-order valence-electron chi connectivity index (χ1n) is 8.52. The molecule has 0 spiro atoms. The van der Waals surface area contributed by atoms with Gasteiger partial charge in [-0.2, -0.15) is 0 Å². The van der Waals surface area contributed by atoms with Crippen LogP contribution in [0.4, 0.5) is 10.3 Å². The van der Waals surface area contributed by atoms with E-state index in [0.717, 1.165) is 29.9 Å². The Morgan fingerprint density at radius 1 is 1.12 bits per heavy atom. The Labute approximate surface area is 145 Å². The van der Waals surface area contributed by atoms with Crippen molar-refractivity contribution in [3.63, 3.8) is 0 Å². The zero-order valence-corrected chi connectivity index (χ0v) is 14.3. The minimum absolute atomic E-state index is 0.247. The van der Waals surface area contributed by atoms with Gasteiger partial charge in [0, 0.05) is 24.9 Å². The van der Waals surface area contributed by atoms with E-state index in [-0.39, 0.29) is 5.82 Å². The third-order valence-electron chi connectivity index (χ3n) is 4.34. The van der Waals surface area contributed by atoms with Crippen LogP contribution in [0.3, 0.4) is 0 Å².